The molecule has 159 valence electrons. The number of rotatable bonds is 4. The highest BCUT2D eigenvalue weighted by molar-refractivity contribution is 5.89. The minimum Gasteiger partial charge on any atom is -0.403 e. The maximum Gasteiger partial charge on any atom is 0.114 e. The fourth-order valence-corrected chi connectivity index (χ4v) is 0. The Kier molecular flexibility index (Phi) is 118. The number of hydrogen-bond acceptors (Lipinski definition) is 7. The fourth-order valence-electron chi connectivity index (χ4n) is 0. The van der Waals surface area contributed by atoms with Crippen LogP contribution in [-0.2, 0) is 0 Å². The van der Waals surface area contributed by atoms with E-state index in [4.69, 9.17) is 39.6 Å². The lowest BCUT2D eigenvalue weighted by Crippen LogP contribution is -2.17. The molecule has 0 heterocycles. The van der Waals surface area contributed by atoms with E-state index >= 15 is 0 Å². The molecule has 0 aromatic rings. The summed E-state index contributed by atoms with van der Waals surface area (Å²) in [7, 11) is 1.72. The van der Waals surface area contributed by atoms with Gasteiger partial charge in [-0.1, -0.05) is 32.9 Å². The normalized spacial score (nSPS) is 6.33. The second-order valence-corrected chi connectivity index (χ2v) is 4.08. The lowest BCUT2D eigenvalue weighted by atomic mass is 10.4. The van der Waals surface area contributed by atoms with Crippen molar-refractivity contribution >= 4 is 53.6 Å². The molecule has 0 aliphatic carbocycles. The van der Waals surface area contributed by atoms with Gasteiger partial charge < -0.3 is 33.4 Å². The highest BCUT2D eigenvalue weighted by Crippen LogP contribution is 1.69. The fraction of sp³-hybridized carbons (Fsp3) is 0.176. The van der Waals surface area contributed by atoms with Gasteiger partial charge in [-0.05, 0) is 32.1 Å². The zero-order chi connectivity index (χ0) is 21.4. The van der Waals surface area contributed by atoms with Crippen LogP contribution in [-0.4, -0.2) is 65.7 Å². The van der Waals surface area contributed by atoms with Gasteiger partial charge in [-0.15, -0.1) is 0 Å². The summed E-state index contributed by atoms with van der Waals surface area (Å²) < 4.78 is 0. The Morgan fingerprint density at radius 1 is 0.800 bits per heavy atom. The Balaban J connectivity index is -0.0000000200. The topological polar surface area (TPSA) is 181 Å². The van der Waals surface area contributed by atoms with Crippen molar-refractivity contribution in [3.63, 3.8) is 0 Å². The van der Waals surface area contributed by atoms with Crippen LogP contribution in [0.1, 0.15) is 13.8 Å². The maximum atomic E-state index is 6.62. The number of hydrogen-bond donors (Lipinski definition) is 7. The molecule has 0 atom stereocenters. The monoisotopic (exact) mass is 407 g/mol. The second kappa shape index (κ2) is 56.2. The van der Waals surface area contributed by atoms with Crippen molar-refractivity contribution in [1.82, 2.24) is 5.01 Å². The van der Waals surface area contributed by atoms with E-state index in [1.807, 2.05) is 0 Å². The van der Waals surface area contributed by atoms with Crippen LogP contribution in [0, 0.1) is 10.8 Å². The molecule has 0 aromatic heterocycles. The molecule has 0 bridgehead atoms. The summed E-state index contributed by atoms with van der Waals surface area (Å²) in [6.45, 7) is 20.0. The number of hydrazine groups is 1. The number of nitrogens with two attached hydrogens (primary N) is 5. The van der Waals surface area contributed by atoms with Crippen LogP contribution in [0.25, 0.3) is 0 Å². The van der Waals surface area contributed by atoms with E-state index < -0.39 is 0 Å². The Hall–Kier alpha value is -2.94. The van der Waals surface area contributed by atoms with Crippen LogP contribution in [0.5, 0.6) is 0 Å². The second-order valence-electron chi connectivity index (χ2n) is 4.08. The zero-order valence-electron chi connectivity index (χ0n) is 18.6. The summed E-state index contributed by atoms with van der Waals surface area (Å²) in [5.74, 6) is 5.03. The molecule has 13 heteroatoms. The summed E-state index contributed by atoms with van der Waals surface area (Å²) in [6.07, 6.45) is 7.17. The van der Waals surface area contributed by atoms with E-state index in [0.717, 1.165) is 0 Å². The van der Waals surface area contributed by atoms with Crippen molar-refractivity contribution in [1.29, 1.82) is 10.8 Å². The van der Waals surface area contributed by atoms with Crippen LogP contribution in [0.3, 0.4) is 0 Å². The molecule has 0 aliphatic rings. The molecular formula is C17H36B5N8. The first-order chi connectivity index (χ1) is 11.4. The average Bonchev–Trinajstić information content (AvgIpc) is 2.56. The van der Waals surface area contributed by atoms with Gasteiger partial charge in [0.15, 0.2) is 0 Å². The van der Waals surface area contributed by atoms with Crippen LogP contribution < -0.4 is 28.8 Å². The summed E-state index contributed by atoms with van der Waals surface area (Å²) in [6, 6.07) is 0. The molecule has 12 N–H and O–H groups in total. The van der Waals surface area contributed by atoms with E-state index in [0.29, 0.717) is 17.1 Å². The summed E-state index contributed by atoms with van der Waals surface area (Å²) in [4.78, 5) is 0. The first-order valence-electron chi connectivity index (χ1n) is 6.80. The van der Waals surface area contributed by atoms with Crippen molar-refractivity contribution in [2.75, 3.05) is 7.05 Å². The van der Waals surface area contributed by atoms with E-state index in [1.165, 1.54) is 35.6 Å². The third kappa shape index (κ3) is 291. The van der Waals surface area contributed by atoms with Crippen LogP contribution >= 0.6 is 0 Å². The largest absolute Gasteiger partial charge is 0.403 e. The minimum absolute atomic E-state index is 0. The highest BCUT2D eigenvalue weighted by atomic mass is 15.4. The van der Waals surface area contributed by atoms with Crippen molar-refractivity contribution < 1.29 is 0 Å². The smallest absolute Gasteiger partial charge is 0.114 e. The molecule has 0 unspecified atom stereocenters. The molecule has 30 heavy (non-hydrogen) atoms. The summed E-state index contributed by atoms with van der Waals surface area (Å²) in [5.41, 5.74) is 21.3. The van der Waals surface area contributed by atoms with Crippen molar-refractivity contribution in [3.8, 4) is 0 Å². The molecule has 0 fully saturated rings. The first-order valence-corrected chi connectivity index (χ1v) is 6.80. The lowest BCUT2D eigenvalue weighted by Gasteiger charge is -1.98. The van der Waals surface area contributed by atoms with E-state index in [9.17, 15) is 0 Å². The molecule has 0 spiro atoms. The molecule has 8 nitrogen and oxygen atoms in total. The van der Waals surface area contributed by atoms with Crippen LogP contribution in [0.2, 0.25) is 0 Å². The van der Waals surface area contributed by atoms with E-state index in [2.05, 4.69) is 32.9 Å². The van der Waals surface area contributed by atoms with Crippen LogP contribution in [0.15, 0.2) is 74.9 Å². The predicted octanol–water partition coefficient (Wildman–Crippen LogP) is -0.238. The molecule has 0 aromatic carbocycles. The standard InChI is InChI=1S/2C4H7N.2C3H8N2.C3H6N2.5B/c2*1-3-4(2)5;1-3-5(2)4;1-3(5)2-4;1-2-3(4)5;;;;;/h3,5H,1H2,2H3;3H,1-2,5H2;3H,1,4H2,2H3;2H,4-5H2,1H3;2H,1H2,(H3,4,5);;;;;/b;;;3-2+;;;;;;. The number of allylic oxidation sites excluding steroid dienone is 3. The SMILES string of the molecule is C/C(N)=C\N.C=CC(=C)N.C=CC(=N)N.C=CC(C)=N.C=CN(C)N.[B].[B].[B].[B].[B]. The van der Waals surface area contributed by atoms with Gasteiger partial charge in [0.25, 0.3) is 0 Å². The molecule has 15 radical (unpaired) electrons. The highest BCUT2D eigenvalue weighted by Gasteiger charge is 1.63. The predicted molar refractivity (Wildman–Crippen MR) is 142 cm³/mol. The van der Waals surface area contributed by atoms with Crippen molar-refractivity contribution in [2.24, 2.45) is 28.8 Å². The zero-order valence-corrected chi connectivity index (χ0v) is 18.6. The Labute approximate surface area is 194 Å². The van der Waals surface area contributed by atoms with Gasteiger partial charge in [-0.2, -0.15) is 0 Å². The summed E-state index contributed by atoms with van der Waals surface area (Å²) >= 11 is 0. The molecule has 0 aliphatic heterocycles. The maximum absolute atomic E-state index is 6.62. The summed E-state index contributed by atoms with van der Waals surface area (Å²) in [5, 5.41) is 14.4. The van der Waals surface area contributed by atoms with Crippen molar-refractivity contribution in [2.45, 2.75) is 13.8 Å². The number of nitrogens with one attached hydrogen (secondary N) is 2. The van der Waals surface area contributed by atoms with Crippen LogP contribution in [0.4, 0.5) is 0 Å². The van der Waals surface area contributed by atoms with Crippen molar-refractivity contribution in [3.05, 3.63) is 74.9 Å². The first kappa shape index (κ1) is 63.1. The third-order valence-electron chi connectivity index (χ3n) is 1.34. The molecular weight excluding hydrogens is 370 g/mol. The van der Waals surface area contributed by atoms with Gasteiger partial charge in [0.05, 0.1) is 0 Å². The number of amidine groups is 1. The number of nitrogens with zero attached hydrogens (tertiary/aromatic N) is 1. The Bertz CT molecular complexity index is 407. The van der Waals surface area contributed by atoms with E-state index in [-0.39, 0.29) is 47.9 Å². The van der Waals surface area contributed by atoms with Gasteiger partial charge >= 0.3 is 0 Å². The van der Waals surface area contributed by atoms with Gasteiger partial charge in [-0.3, -0.25) is 5.41 Å². The minimum atomic E-state index is 0. The van der Waals surface area contributed by atoms with Gasteiger partial charge in [0.2, 0.25) is 0 Å². The average molecular weight is 407 g/mol. The lowest BCUT2D eigenvalue weighted by molar-refractivity contribution is 0.486. The van der Waals surface area contributed by atoms with Gasteiger partial charge in [0.1, 0.15) is 5.84 Å². The third-order valence-corrected chi connectivity index (χ3v) is 1.34. The Morgan fingerprint density at radius 2 is 0.967 bits per heavy atom. The van der Waals surface area contributed by atoms with Gasteiger partial charge in [0, 0.05) is 78.6 Å². The quantitative estimate of drug-likeness (QED) is 0.0844. The van der Waals surface area contributed by atoms with Gasteiger partial charge in [-0.25, -0.2) is 5.84 Å². The molecule has 0 saturated heterocycles. The molecule has 0 saturated carbocycles. The van der Waals surface area contributed by atoms with E-state index in [1.54, 1.807) is 20.9 Å². The molecule has 0 amide bonds. The molecule has 0 rings (SSSR count). The Morgan fingerprint density at radius 3 is 0.967 bits per heavy atom.